The van der Waals surface area contributed by atoms with E-state index < -0.39 is 0 Å². The van der Waals surface area contributed by atoms with Gasteiger partial charge in [-0.25, -0.2) is 4.39 Å². The highest BCUT2D eigenvalue weighted by Crippen LogP contribution is 2.22. The van der Waals surface area contributed by atoms with Crippen LogP contribution in [0.25, 0.3) is 11.3 Å². The third-order valence-corrected chi connectivity index (χ3v) is 2.34. The summed E-state index contributed by atoms with van der Waals surface area (Å²) in [5.41, 5.74) is 0.893. The monoisotopic (exact) mass is 254 g/mol. The maximum absolute atomic E-state index is 12.7. The summed E-state index contributed by atoms with van der Waals surface area (Å²) in [6.07, 6.45) is 0. The summed E-state index contributed by atoms with van der Waals surface area (Å²) in [6, 6.07) is 10.1. The molecule has 0 aliphatic carbocycles. The molecule has 2 rings (SSSR count). The lowest BCUT2D eigenvalue weighted by Crippen LogP contribution is -3.00. The molecule has 2 aromatic rings. The van der Waals surface area contributed by atoms with Gasteiger partial charge in [-0.1, -0.05) is 6.92 Å². The number of benzene rings is 1. The highest BCUT2D eigenvalue weighted by Gasteiger charge is 2.04. The van der Waals surface area contributed by atoms with E-state index in [0.29, 0.717) is 0 Å². The van der Waals surface area contributed by atoms with E-state index in [-0.39, 0.29) is 18.2 Å². The fraction of sp³-hybridized carbons (Fsp3) is 0.231. The van der Waals surface area contributed by atoms with Gasteiger partial charge in [-0.05, 0) is 42.9 Å². The Bertz CT molecular complexity index is 453. The van der Waals surface area contributed by atoms with Gasteiger partial charge in [0.1, 0.15) is 17.3 Å². The van der Waals surface area contributed by atoms with Crippen molar-refractivity contribution in [2.24, 2.45) is 0 Å². The van der Waals surface area contributed by atoms with Crippen LogP contribution in [0.5, 0.6) is 0 Å². The average molecular weight is 255 g/mol. The van der Waals surface area contributed by atoms with E-state index in [1.807, 2.05) is 19.1 Å². The molecule has 0 aliphatic rings. The van der Waals surface area contributed by atoms with E-state index in [4.69, 9.17) is 4.42 Å². The molecule has 0 fully saturated rings. The van der Waals surface area contributed by atoms with Gasteiger partial charge in [0.15, 0.2) is 0 Å². The Morgan fingerprint density at radius 2 is 1.82 bits per heavy atom. The summed E-state index contributed by atoms with van der Waals surface area (Å²) in [6.45, 7) is 3.67. The number of rotatable bonds is 4. The minimum atomic E-state index is -0.233. The Hall–Kier alpha value is -1.32. The van der Waals surface area contributed by atoms with Gasteiger partial charge in [0.05, 0.1) is 6.54 Å². The van der Waals surface area contributed by atoms with E-state index in [9.17, 15) is 4.39 Å². The topological polar surface area (TPSA) is 25.2 Å². The molecule has 0 radical (unpaired) electrons. The summed E-state index contributed by atoms with van der Waals surface area (Å²) in [5, 5.41) is 3.18. The molecular formula is C13H14ClFNO-. The molecule has 17 heavy (non-hydrogen) atoms. The molecule has 0 aliphatic heterocycles. The van der Waals surface area contributed by atoms with Crippen LogP contribution < -0.4 is 17.7 Å². The molecule has 1 heterocycles. The van der Waals surface area contributed by atoms with Crippen molar-refractivity contribution in [3.05, 3.63) is 48.0 Å². The SMILES string of the molecule is CCNCc1ccc(-c2ccc(F)cc2)o1.[Cl-]. The van der Waals surface area contributed by atoms with Crippen LogP contribution in [0.4, 0.5) is 4.39 Å². The Kier molecular flexibility index (Phi) is 5.19. The average Bonchev–Trinajstić information content (AvgIpc) is 2.76. The summed E-state index contributed by atoms with van der Waals surface area (Å²) < 4.78 is 18.4. The largest absolute Gasteiger partial charge is 1.00 e. The molecule has 2 nitrogen and oxygen atoms in total. The molecule has 1 aromatic carbocycles. The molecule has 92 valence electrons. The van der Waals surface area contributed by atoms with Crippen molar-refractivity contribution in [3.63, 3.8) is 0 Å². The van der Waals surface area contributed by atoms with E-state index in [2.05, 4.69) is 5.32 Å². The fourth-order valence-electron chi connectivity index (χ4n) is 1.49. The van der Waals surface area contributed by atoms with Gasteiger partial charge in [0.25, 0.3) is 0 Å². The van der Waals surface area contributed by atoms with Crippen LogP contribution in [0.2, 0.25) is 0 Å². The van der Waals surface area contributed by atoms with Gasteiger partial charge >= 0.3 is 0 Å². The van der Waals surface area contributed by atoms with Crippen LogP contribution in [0.1, 0.15) is 12.7 Å². The minimum Gasteiger partial charge on any atom is -1.00 e. The number of halogens is 2. The molecule has 0 bridgehead atoms. The molecule has 0 amide bonds. The molecule has 4 heteroatoms. The number of nitrogens with one attached hydrogen (secondary N) is 1. The van der Waals surface area contributed by atoms with Crippen molar-refractivity contribution >= 4 is 0 Å². The maximum atomic E-state index is 12.7. The third kappa shape index (κ3) is 3.58. The Morgan fingerprint density at radius 1 is 1.12 bits per heavy atom. The third-order valence-electron chi connectivity index (χ3n) is 2.34. The second-order valence-electron chi connectivity index (χ2n) is 3.55. The second kappa shape index (κ2) is 6.42. The van der Waals surface area contributed by atoms with Gasteiger partial charge in [-0.3, -0.25) is 0 Å². The van der Waals surface area contributed by atoms with Gasteiger partial charge in [-0.15, -0.1) is 0 Å². The first-order chi connectivity index (χ1) is 7.79. The van der Waals surface area contributed by atoms with Crippen molar-refractivity contribution < 1.29 is 21.2 Å². The van der Waals surface area contributed by atoms with Crippen molar-refractivity contribution in [1.29, 1.82) is 0 Å². The predicted octanol–water partition coefficient (Wildman–Crippen LogP) is 0.199. The van der Waals surface area contributed by atoms with E-state index >= 15 is 0 Å². The molecule has 0 unspecified atom stereocenters. The normalized spacial score (nSPS) is 10.0. The quantitative estimate of drug-likeness (QED) is 0.843. The predicted molar refractivity (Wildman–Crippen MR) is 61.5 cm³/mol. The fourth-order valence-corrected chi connectivity index (χ4v) is 1.49. The molecule has 0 atom stereocenters. The Morgan fingerprint density at radius 3 is 2.47 bits per heavy atom. The zero-order valence-electron chi connectivity index (χ0n) is 9.54. The van der Waals surface area contributed by atoms with Crippen LogP contribution >= 0.6 is 0 Å². The Balaban J connectivity index is 0.00000144. The van der Waals surface area contributed by atoms with Gasteiger partial charge < -0.3 is 22.1 Å². The first-order valence-corrected chi connectivity index (χ1v) is 5.35. The summed E-state index contributed by atoms with van der Waals surface area (Å²) >= 11 is 0. The Labute approximate surface area is 106 Å². The van der Waals surface area contributed by atoms with Gasteiger partial charge in [-0.2, -0.15) is 0 Å². The highest BCUT2D eigenvalue weighted by atomic mass is 35.5. The van der Waals surface area contributed by atoms with Crippen LogP contribution in [-0.4, -0.2) is 6.54 Å². The standard InChI is InChI=1S/C13H14FNO.ClH/c1-2-15-9-12-7-8-13(16-12)10-3-5-11(14)6-4-10;/h3-8,15H,2,9H2,1H3;1H/p-1. The van der Waals surface area contributed by atoms with E-state index in [1.54, 1.807) is 12.1 Å². The van der Waals surface area contributed by atoms with Crippen LogP contribution in [0, 0.1) is 5.82 Å². The molecule has 0 saturated carbocycles. The molecule has 0 saturated heterocycles. The number of hydrogen-bond donors (Lipinski definition) is 1. The number of hydrogen-bond acceptors (Lipinski definition) is 2. The molecule has 0 spiro atoms. The molecular weight excluding hydrogens is 241 g/mol. The second-order valence-corrected chi connectivity index (χ2v) is 3.55. The summed E-state index contributed by atoms with van der Waals surface area (Å²) in [7, 11) is 0. The minimum absolute atomic E-state index is 0. The number of furan rings is 1. The van der Waals surface area contributed by atoms with Crippen molar-refractivity contribution in [2.45, 2.75) is 13.5 Å². The first kappa shape index (κ1) is 13.7. The van der Waals surface area contributed by atoms with E-state index in [0.717, 1.165) is 30.2 Å². The smallest absolute Gasteiger partial charge is 0.134 e. The molecule has 1 aromatic heterocycles. The molecule has 1 N–H and O–H groups in total. The van der Waals surface area contributed by atoms with Crippen molar-refractivity contribution in [1.82, 2.24) is 5.32 Å². The summed E-state index contributed by atoms with van der Waals surface area (Å²) in [5.74, 6) is 1.43. The first-order valence-electron chi connectivity index (χ1n) is 5.35. The van der Waals surface area contributed by atoms with E-state index in [1.165, 1.54) is 12.1 Å². The van der Waals surface area contributed by atoms with Gasteiger partial charge in [0.2, 0.25) is 0 Å². The van der Waals surface area contributed by atoms with Gasteiger partial charge in [0, 0.05) is 5.56 Å². The lowest BCUT2D eigenvalue weighted by Gasteiger charge is -1.98. The van der Waals surface area contributed by atoms with Crippen LogP contribution in [0.15, 0.2) is 40.8 Å². The van der Waals surface area contributed by atoms with Crippen LogP contribution in [0.3, 0.4) is 0 Å². The van der Waals surface area contributed by atoms with Crippen LogP contribution in [-0.2, 0) is 6.54 Å². The zero-order chi connectivity index (χ0) is 11.4. The summed E-state index contributed by atoms with van der Waals surface area (Å²) in [4.78, 5) is 0. The lowest BCUT2D eigenvalue weighted by atomic mass is 10.2. The van der Waals surface area contributed by atoms with Crippen molar-refractivity contribution in [2.75, 3.05) is 6.54 Å². The highest BCUT2D eigenvalue weighted by molar-refractivity contribution is 5.57. The lowest BCUT2D eigenvalue weighted by molar-refractivity contribution is -0.00000449. The van der Waals surface area contributed by atoms with Crippen molar-refractivity contribution in [3.8, 4) is 11.3 Å². The zero-order valence-corrected chi connectivity index (χ0v) is 10.3. The maximum Gasteiger partial charge on any atom is 0.134 e.